The molecule has 0 rings (SSSR count). The van der Waals surface area contributed by atoms with Crippen LogP contribution in [-0.2, 0) is 0 Å². The standard InChI is InChI=1S/C11H25N/c1-6-7-10(12)8-9(2)11(3,4)5/h9-10H,6-8,12H2,1-5H3. The normalized spacial score (nSPS) is 17.5. The van der Waals surface area contributed by atoms with Crippen LogP contribution in [-0.4, -0.2) is 6.04 Å². The van der Waals surface area contributed by atoms with E-state index in [1.165, 1.54) is 12.8 Å². The van der Waals surface area contributed by atoms with Crippen LogP contribution in [0, 0.1) is 11.3 Å². The quantitative estimate of drug-likeness (QED) is 0.690. The molecular formula is C11H25N. The second-order valence-electron chi connectivity index (χ2n) is 5.05. The summed E-state index contributed by atoms with van der Waals surface area (Å²) in [5, 5.41) is 0. The molecule has 2 N–H and O–H groups in total. The highest BCUT2D eigenvalue weighted by Crippen LogP contribution is 2.29. The van der Waals surface area contributed by atoms with E-state index < -0.39 is 0 Å². The third-order valence-corrected chi connectivity index (χ3v) is 2.79. The van der Waals surface area contributed by atoms with Crippen molar-refractivity contribution in [3.05, 3.63) is 0 Å². The molecule has 0 aromatic carbocycles. The fourth-order valence-electron chi connectivity index (χ4n) is 1.30. The van der Waals surface area contributed by atoms with Gasteiger partial charge in [0.2, 0.25) is 0 Å². The number of nitrogens with two attached hydrogens (primary N) is 1. The fraction of sp³-hybridized carbons (Fsp3) is 1.00. The van der Waals surface area contributed by atoms with E-state index in [4.69, 9.17) is 5.73 Å². The molecule has 0 fully saturated rings. The van der Waals surface area contributed by atoms with Gasteiger partial charge in [-0.2, -0.15) is 0 Å². The Morgan fingerprint density at radius 1 is 1.25 bits per heavy atom. The van der Waals surface area contributed by atoms with Crippen LogP contribution in [0.4, 0.5) is 0 Å². The molecule has 0 aromatic rings. The SMILES string of the molecule is CCCC(N)CC(C)C(C)(C)C. The molecule has 0 saturated carbocycles. The number of rotatable bonds is 4. The van der Waals surface area contributed by atoms with Crippen LogP contribution in [0.15, 0.2) is 0 Å². The topological polar surface area (TPSA) is 26.0 Å². The van der Waals surface area contributed by atoms with E-state index in [9.17, 15) is 0 Å². The van der Waals surface area contributed by atoms with Crippen molar-refractivity contribution >= 4 is 0 Å². The van der Waals surface area contributed by atoms with Crippen LogP contribution >= 0.6 is 0 Å². The monoisotopic (exact) mass is 171 g/mol. The summed E-state index contributed by atoms with van der Waals surface area (Å²) in [6.45, 7) is 11.4. The number of hydrogen-bond donors (Lipinski definition) is 1. The van der Waals surface area contributed by atoms with E-state index >= 15 is 0 Å². The maximum absolute atomic E-state index is 5.98. The van der Waals surface area contributed by atoms with E-state index in [2.05, 4.69) is 34.6 Å². The fourth-order valence-corrected chi connectivity index (χ4v) is 1.30. The Balaban J connectivity index is 3.76. The predicted molar refractivity (Wildman–Crippen MR) is 56.1 cm³/mol. The maximum Gasteiger partial charge on any atom is 0.00414 e. The van der Waals surface area contributed by atoms with Gasteiger partial charge in [0.25, 0.3) is 0 Å². The highest BCUT2D eigenvalue weighted by Gasteiger charge is 2.21. The van der Waals surface area contributed by atoms with Crippen LogP contribution in [0.5, 0.6) is 0 Å². The molecule has 1 heteroatoms. The van der Waals surface area contributed by atoms with Crippen molar-refractivity contribution in [2.45, 2.75) is 59.9 Å². The van der Waals surface area contributed by atoms with E-state index in [0.29, 0.717) is 11.5 Å². The van der Waals surface area contributed by atoms with Gasteiger partial charge < -0.3 is 5.73 Å². The first kappa shape index (κ1) is 12.0. The smallest absolute Gasteiger partial charge is 0.00414 e. The summed E-state index contributed by atoms with van der Waals surface area (Å²) in [7, 11) is 0. The zero-order valence-corrected chi connectivity index (χ0v) is 9.35. The minimum Gasteiger partial charge on any atom is -0.328 e. The Morgan fingerprint density at radius 2 is 1.75 bits per heavy atom. The summed E-state index contributed by atoms with van der Waals surface area (Å²) < 4.78 is 0. The summed E-state index contributed by atoms with van der Waals surface area (Å²) in [6.07, 6.45) is 3.54. The molecule has 1 nitrogen and oxygen atoms in total. The summed E-state index contributed by atoms with van der Waals surface area (Å²) in [6, 6.07) is 0.407. The average molecular weight is 171 g/mol. The van der Waals surface area contributed by atoms with E-state index in [0.717, 1.165) is 12.3 Å². The third-order valence-electron chi connectivity index (χ3n) is 2.79. The zero-order valence-electron chi connectivity index (χ0n) is 9.35. The molecule has 0 bridgehead atoms. The Hall–Kier alpha value is -0.0400. The van der Waals surface area contributed by atoms with Gasteiger partial charge in [0, 0.05) is 6.04 Å². The van der Waals surface area contributed by atoms with Crippen molar-refractivity contribution in [3.8, 4) is 0 Å². The van der Waals surface area contributed by atoms with Crippen LogP contribution in [0.2, 0.25) is 0 Å². The van der Waals surface area contributed by atoms with Crippen LogP contribution in [0.25, 0.3) is 0 Å². The third kappa shape index (κ3) is 4.76. The van der Waals surface area contributed by atoms with Crippen molar-refractivity contribution in [2.24, 2.45) is 17.1 Å². The van der Waals surface area contributed by atoms with Crippen molar-refractivity contribution in [2.75, 3.05) is 0 Å². The van der Waals surface area contributed by atoms with Gasteiger partial charge in [0.15, 0.2) is 0 Å². The lowest BCUT2D eigenvalue weighted by Crippen LogP contribution is -2.28. The lowest BCUT2D eigenvalue weighted by molar-refractivity contribution is 0.230. The van der Waals surface area contributed by atoms with E-state index in [1.807, 2.05) is 0 Å². The van der Waals surface area contributed by atoms with Gasteiger partial charge in [-0.15, -0.1) is 0 Å². The summed E-state index contributed by atoms with van der Waals surface area (Å²) in [5.74, 6) is 0.721. The Bertz CT molecular complexity index is 113. The first-order chi connectivity index (χ1) is 5.38. The minimum atomic E-state index is 0.407. The molecule has 0 radical (unpaired) electrons. The van der Waals surface area contributed by atoms with E-state index in [-0.39, 0.29) is 0 Å². The van der Waals surface area contributed by atoms with Gasteiger partial charge in [0.05, 0.1) is 0 Å². The molecule has 0 aliphatic carbocycles. The molecule has 0 aromatic heterocycles. The maximum atomic E-state index is 5.98. The molecule has 0 spiro atoms. The largest absolute Gasteiger partial charge is 0.328 e. The molecular weight excluding hydrogens is 146 g/mol. The summed E-state index contributed by atoms with van der Waals surface area (Å²) >= 11 is 0. The van der Waals surface area contributed by atoms with Crippen LogP contribution in [0.1, 0.15) is 53.9 Å². The molecule has 12 heavy (non-hydrogen) atoms. The first-order valence-electron chi connectivity index (χ1n) is 5.13. The van der Waals surface area contributed by atoms with E-state index in [1.54, 1.807) is 0 Å². The average Bonchev–Trinajstić information content (AvgIpc) is 1.85. The molecule has 0 aliphatic rings. The number of hydrogen-bond acceptors (Lipinski definition) is 1. The second-order valence-corrected chi connectivity index (χ2v) is 5.05. The van der Waals surface area contributed by atoms with Gasteiger partial charge >= 0.3 is 0 Å². The van der Waals surface area contributed by atoms with Crippen molar-refractivity contribution in [3.63, 3.8) is 0 Å². The van der Waals surface area contributed by atoms with Crippen molar-refractivity contribution in [1.29, 1.82) is 0 Å². The van der Waals surface area contributed by atoms with Gasteiger partial charge in [-0.3, -0.25) is 0 Å². The molecule has 0 aliphatic heterocycles. The Labute approximate surface area is 77.7 Å². The van der Waals surface area contributed by atoms with Crippen molar-refractivity contribution in [1.82, 2.24) is 0 Å². The second kappa shape index (κ2) is 4.86. The summed E-state index contributed by atoms with van der Waals surface area (Å²) in [4.78, 5) is 0. The molecule has 0 heterocycles. The molecule has 74 valence electrons. The van der Waals surface area contributed by atoms with Gasteiger partial charge in [0.1, 0.15) is 0 Å². The Kier molecular flexibility index (Phi) is 4.84. The van der Waals surface area contributed by atoms with Crippen LogP contribution in [0.3, 0.4) is 0 Å². The molecule has 2 atom stereocenters. The lowest BCUT2D eigenvalue weighted by atomic mass is 9.78. The lowest BCUT2D eigenvalue weighted by Gasteiger charge is -2.29. The minimum absolute atomic E-state index is 0.407. The van der Waals surface area contributed by atoms with Gasteiger partial charge in [-0.25, -0.2) is 0 Å². The van der Waals surface area contributed by atoms with Gasteiger partial charge in [-0.1, -0.05) is 41.0 Å². The van der Waals surface area contributed by atoms with Crippen molar-refractivity contribution < 1.29 is 0 Å². The summed E-state index contributed by atoms with van der Waals surface area (Å²) in [5.41, 5.74) is 6.39. The van der Waals surface area contributed by atoms with Gasteiger partial charge in [-0.05, 0) is 24.2 Å². The highest BCUT2D eigenvalue weighted by atomic mass is 14.6. The Morgan fingerprint density at radius 3 is 2.08 bits per heavy atom. The first-order valence-corrected chi connectivity index (χ1v) is 5.13. The van der Waals surface area contributed by atoms with Crippen LogP contribution < -0.4 is 5.73 Å². The molecule has 0 saturated heterocycles. The molecule has 2 unspecified atom stereocenters. The highest BCUT2D eigenvalue weighted by molar-refractivity contribution is 4.74. The predicted octanol–water partition coefficient (Wildman–Crippen LogP) is 3.19. The zero-order chi connectivity index (χ0) is 9.78. The molecule has 0 amide bonds.